The summed E-state index contributed by atoms with van der Waals surface area (Å²) in [5.74, 6) is 1.56. The molecule has 1 aliphatic heterocycles. The predicted octanol–water partition coefficient (Wildman–Crippen LogP) is 3.74. The SMILES string of the molecule is Cc1cc(COc2cc3[nH]c(CNC(=O)C[C@H]4CCOC4)cc3cc2Cl)on1. The number of nitrogens with zero attached hydrogens (tertiary/aromatic N) is 1. The maximum Gasteiger partial charge on any atom is 0.220 e. The Hall–Kier alpha value is -2.51. The Kier molecular flexibility index (Phi) is 5.54. The molecule has 2 N–H and O–H groups in total. The first-order chi connectivity index (χ1) is 13.6. The smallest absolute Gasteiger partial charge is 0.220 e. The van der Waals surface area contributed by atoms with E-state index in [4.69, 9.17) is 25.6 Å². The average molecular weight is 404 g/mol. The van der Waals surface area contributed by atoms with Gasteiger partial charge in [0.1, 0.15) is 12.4 Å². The third-order valence-corrected chi connectivity index (χ3v) is 5.05. The lowest BCUT2D eigenvalue weighted by molar-refractivity contribution is -0.122. The van der Waals surface area contributed by atoms with Gasteiger partial charge in [0.25, 0.3) is 0 Å². The number of aryl methyl sites for hydroxylation is 1. The Morgan fingerprint density at radius 1 is 1.39 bits per heavy atom. The number of hydrogen-bond acceptors (Lipinski definition) is 5. The molecule has 1 aromatic carbocycles. The van der Waals surface area contributed by atoms with Crippen molar-refractivity contribution in [1.29, 1.82) is 0 Å². The highest BCUT2D eigenvalue weighted by atomic mass is 35.5. The molecule has 3 heterocycles. The van der Waals surface area contributed by atoms with E-state index in [1.165, 1.54) is 0 Å². The highest BCUT2D eigenvalue weighted by Gasteiger charge is 2.19. The zero-order chi connectivity index (χ0) is 19.5. The molecule has 28 heavy (non-hydrogen) atoms. The Balaban J connectivity index is 1.38. The molecular weight excluding hydrogens is 382 g/mol. The quantitative estimate of drug-likeness (QED) is 0.627. The standard InChI is InChI=1S/C20H22ClN3O4/c1-12-4-16(28-24-12)11-27-19-8-18-14(7-17(19)21)6-15(23-18)9-22-20(25)5-13-2-3-26-10-13/h4,6-8,13,23H,2-3,5,9-11H2,1H3,(H,22,25)/t13-/m1/s1. The van der Waals surface area contributed by atoms with E-state index in [-0.39, 0.29) is 12.5 Å². The van der Waals surface area contributed by atoms with Crippen molar-refractivity contribution < 1.29 is 18.8 Å². The van der Waals surface area contributed by atoms with Crippen LogP contribution in [0.15, 0.2) is 28.8 Å². The minimum absolute atomic E-state index is 0.0403. The van der Waals surface area contributed by atoms with Crippen molar-refractivity contribution in [2.45, 2.75) is 32.9 Å². The van der Waals surface area contributed by atoms with Gasteiger partial charge in [-0.1, -0.05) is 16.8 Å². The summed E-state index contributed by atoms with van der Waals surface area (Å²) in [7, 11) is 0. The Morgan fingerprint density at radius 2 is 2.29 bits per heavy atom. The zero-order valence-corrected chi connectivity index (χ0v) is 16.3. The lowest BCUT2D eigenvalue weighted by Crippen LogP contribution is -2.25. The molecule has 0 unspecified atom stereocenters. The van der Waals surface area contributed by atoms with Gasteiger partial charge in [0.15, 0.2) is 5.76 Å². The molecule has 7 nitrogen and oxygen atoms in total. The van der Waals surface area contributed by atoms with E-state index in [0.29, 0.717) is 42.0 Å². The molecule has 1 atom stereocenters. The number of H-pyrrole nitrogens is 1. The number of carbonyl (C=O) groups excluding carboxylic acids is 1. The number of amides is 1. The van der Waals surface area contributed by atoms with E-state index in [1.54, 1.807) is 0 Å². The van der Waals surface area contributed by atoms with Crippen molar-refractivity contribution in [3.8, 4) is 5.75 Å². The second-order valence-corrected chi connectivity index (χ2v) is 7.51. The molecule has 1 amide bonds. The molecule has 1 fully saturated rings. The number of rotatable bonds is 7. The van der Waals surface area contributed by atoms with Gasteiger partial charge >= 0.3 is 0 Å². The number of carbonyl (C=O) groups is 1. The van der Waals surface area contributed by atoms with E-state index >= 15 is 0 Å². The van der Waals surface area contributed by atoms with Crippen molar-refractivity contribution >= 4 is 28.4 Å². The number of benzene rings is 1. The third kappa shape index (κ3) is 4.48. The fraction of sp³-hybridized carbons (Fsp3) is 0.400. The minimum atomic E-state index is 0.0403. The molecule has 8 heteroatoms. The van der Waals surface area contributed by atoms with Crippen LogP contribution in [0.25, 0.3) is 10.9 Å². The van der Waals surface area contributed by atoms with Gasteiger partial charge in [-0.15, -0.1) is 0 Å². The van der Waals surface area contributed by atoms with Gasteiger partial charge in [-0.3, -0.25) is 4.79 Å². The Labute approximate surface area is 167 Å². The average Bonchev–Trinajstić information content (AvgIpc) is 3.39. The molecule has 0 aliphatic carbocycles. The van der Waals surface area contributed by atoms with Crippen LogP contribution >= 0.6 is 11.6 Å². The normalized spacial score (nSPS) is 16.6. The van der Waals surface area contributed by atoms with Crippen molar-refractivity contribution in [2.24, 2.45) is 5.92 Å². The van der Waals surface area contributed by atoms with Crippen molar-refractivity contribution in [3.63, 3.8) is 0 Å². The van der Waals surface area contributed by atoms with Gasteiger partial charge in [-0.2, -0.15) is 0 Å². The first-order valence-corrected chi connectivity index (χ1v) is 9.65. The van der Waals surface area contributed by atoms with Gasteiger partial charge in [-0.25, -0.2) is 0 Å². The maximum atomic E-state index is 12.1. The monoisotopic (exact) mass is 403 g/mol. The van der Waals surface area contributed by atoms with Crippen LogP contribution in [0.5, 0.6) is 5.75 Å². The van der Waals surface area contributed by atoms with Gasteiger partial charge in [0, 0.05) is 48.4 Å². The largest absolute Gasteiger partial charge is 0.484 e. The van der Waals surface area contributed by atoms with Crippen LogP contribution in [-0.4, -0.2) is 29.3 Å². The lowest BCUT2D eigenvalue weighted by Gasteiger charge is -2.07. The second-order valence-electron chi connectivity index (χ2n) is 7.10. The van der Waals surface area contributed by atoms with Crippen LogP contribution in [-0.2, 0) is 22.7 Å². The maximum absolute atomic E-state index is 12.1. The summed E-state index contributed by atoms with van der Waals surface area (Å²) in [5.41, 5.74) is 2.60. The number of halogens is 1. The third-order valence-electron chi connectivity index (χ3n) is 4.75. The molecule has 0 saturated carbocycles. The van der Waals surface area contributed by atoms with Gasteiger partial charge in [0.2, 0.25) is 5.91 Å². The molecule has 2 aromatic heterocycles. The molecular formula is C20H22ClN3O4. The van der Waals surface area contributed by atoms with E-state index in [9.17, 15) is 4.79 Å². The van der Waals surface area contributed by atoms with Gasteiger partial charge in [-0.05, 0) is 31.4 Å². The number of fused-ring (bicyclic) bond motifs is 1. The number of nitrogens with one attached hydrogen (secondary N) is 2. The first-order valence-electron chi connectivity index (χ1n) is 9.27. The number of ether oxygens (including phenoxy) is 2. The summed E-state index contributed by atoms with van der Waals surface area (Å²) in [6, 6.07) is 7.49. The van der Waals surface area contributed by atoms with E-state index < -0.39 is 0 Å². The van der Waals surface area contributed by atoms with Crippen LogP contribution in [0.4, 0.5) is 0 Å². The summed E-state index contributed by atoms with van der Waals surface area (Å²) in [6.45, 7) is 3.97. The van der Waals surface area contributed by atoms with E-state index in [0.717, 1.165) is 35.3 Å². The summed E-state index contributed by atoms with van der Waals surface area (Å²) in [5, 5.41) is 8.26. The van der Waals surface area contributed by atoms with E-state index in [2.05, 4.69) is 15.5 Å². The summed E-state index contributed by atoms with van der Waals surface area (Å²) < 4.78 is 16.2. The first kappa shape index (κ1) is 18.8. The van der Waals surface area contributed by atoms with Crippen LogP contribution in [0.1, 0.15) is 30.0 Å². The van der Waals surface area contributed by atoms with Crippen molar-refractivity contribution in [3.05, 3.63) is 46.4 Å². The Morgan fingerprint density at radius 3 is 3.04 bits per heavy atom. The van der Waals surface area contributed by atoms with Crippen molar-refractivity contribution in [2.75, 3.05) is 13.2 Å². The molecule has 0 bridgehead atoms. The minimum Gasteiger partial charge on any atom is -0.484 e. The molecule has 148 valence electrons. The van der Waals surface area contributed by atoms with Gasteiger partial charge < -0.3 is 24.3 Å². The topological polar surface area (TPSA) is 89.4 Å². The zero-order valence-electron chi connectivity index (χ0n) is 15.6. The van der Waals surface area contributed by atoms with E-state index in [1.807, 2.05) is 31.2 Å². The Bertz CT molecular complexity index is 975. The van der Waals surface area contributed by atoms with Gasteiger partial charge in [0.05, 0.1) is 17.3 Å². The summed E-state index contributed by atoms with van der Waals surface area (Å²) in [6.07, 6.45) is 1.46. The molecule has 4 rings (SSSR count). The number of aromatic nitrogens is 2. The second kappa shape index (κ2) is 8.24. The van der Waals surface area contributed by atoms with Crippen LogP contribution in [0.3, 0.4) is 0 Å². The lowest BCUT2D eigenvalue weighted by atomic mass is 10.1. The number of hydrogen-bond donors (Lipinski definition) is 2. The van der Waals surface area contributed by atoms with Crippen LogP contribution in [0.2, 0.25) is 5.02 Å². The van der Waals surface area contributed by atoms with Crippen LogP contribution in [0, 0.1) is 12.8 Å². The predicted molar refractivity (Wildman–Crippen MR) is 104 cm³/mol. The summed E-state index contributed by atoms with van der Waals surface area (Å²) >= 11 is 6.34. The highest BCUT2D eigenvalue weighted by molar-refractivity contribution is 6.32. The van der Waals surface area contributed by atoms with Crippen LogP contribution < -0.4 is 10.1 Å². The van der Waals surface area contributed by atoms with Crippen molar-refractivity contribution in [1.82, 2.24) is 15.5 Å². The molecule has 1 aliphatic rings. The molecule has 1 saturated heterocycles. The fourth-order valence-electron chi connectivity index (χ4n) is 3.30. The molecule has 3 aromatic rings. The summed E-state index contributed by atoms with van der Waals surface area (Å²) in [4.78, 5) is 15.4. The molecule has 0 radical (unpaired) electrons. The fourth-order valence-corrected chi connectivity index (χ4v) is 3.53. The number of aromatic amines is 1. The molecule has 0 spiro atoms. The highest BCUT2D eigenvalue weighted by Crippen LogP contribution is 2.31.